The molecule has 0 aromatic heterocycles. The van der Waals surface area contributed by atoms with E-state index in [4.69, 9.17) is 11.6 Å². The van der Waals surface area contributed by atoms with E-state index in [2.05, 4.69) is 125 Å². The zero-order chi connectivity index (χ0) is 40.7. The number of nitrogens with zero attached hydrogens (tertiary/aromatic N) is 1. The van der Waals surface area contributed by atoms with Crippen molar-refractivity contribution in [1.29, 1.82) is 0 Å². The van der Waals surface area contributed by atoms with Crippen LogP contribution in [-0.4, -0.2) is 20.2 Å². The topological polar surface area (TPSA) is 140 Å². The third-order valence-corrected chi connectivity index (χ3v) is 11.5. The summed E-state index contributed by atoms with van der Waals surface area (Å²) in [5.41, 5.74) is 8.98. The molecule has 14 heteroatoms. The van der Waals surface area contributed by atoms with Crippen molar-refractivity contribution in [2.24, 2.45) is 0 Å². The molecule has 6 aromatic carbocycles. The summed E-state index contributed by atoms with van der Waals surface area (Å²) in [5, 5.41) is 54.1. The molecule has 0 aliphatic heterocycles. The number of nitro benzene ring substituents is 1. The van der Waals surface area contributed by atoms with Crippen molar-refractivity contribution in [3.63, 3.8) is 0 Å². The molecule has 0 heterocycles. The molecule has 2 unspecified atom stereocenters. The molecule has 6 N–H and O–H groups in total. The smallest absolute Gasteiger partial charge is 0.269 e. The molecule has 0 aliphatic carbocycles. The number of rotatable bonds is 11. The number of benzene rings is 6. The van der Waals surface area contributed by atoms with Crippen molar-refractivity contribution in [3.8, 4) is 0 Å². The zero-order valence-corrected chi connectivity index (χ0v) is 39.1. The lowest BCUT2D eigenvalue weighted by Crippen LogP contribution is -2.14. The summed E-state index contributed by atoms with van der Waals surface area (Å²) in [6.45, 7) is 6.00. The monoisotopic (exact) mass is 1170 g/mol. The highest BCUT2D eigenvalue weighted by Gasteiger charge is 2.28. The Morgan fingerprint density at radius 3 is 1.48 bits per heavy atom. The van der Waals surface area contributed by atoms with E-state index >= 15 is 0 Å². The second-order valence-electron chi connectivity index (χ2n) is 12.9. The lowest BCUT2D eigenvalue weighted by molar-refractivity contribution is -0.385. The molecule has 0 saturated carbocycles. The SMILES string of the molecule is Cc1cc(I)ccc1Nc1ccc(Br)cc1CO.Cc1cc(I)ccc1Nc1ccc(Cl)cc1C(O)C(O)c1cc([N+](=O)[O-])ccc1Nc1ccc(I)cc1C. The van der Waals surface area contributed by atoms with Crippen LogP contribution < -0.4 is 16.0 Å². The Labute approximate surface area is 380 Å². The number of nitrogens with one attached hydrogen (secondary N) is 3. The van der Waals surface area contributed by atoms with Crippen molar-refractivity contribution in [3.05, 3.63) is 173 Å². The van der Waals surface area contributed by atoms with Gasteiger partial charge in [-0.1, -0.05) is 27.5 Å². The van der Waals surface area contributed by atoms with Gasteiger partial charge in [0.05, 0.1) is 11.5 Å². The minimum Gasteiger partial charge on any atom is -0.392 e. The van der Waals surface area contributed by atoms with Crippen LogP contribution >= 0.6 is 95.3 Å². The van der Waals surface area contributed by atoms with Crippen LogP contribution in [0, 0.1) is 41.6 Å². The molecular weight excluding hydrogens is 1140 g/mol. The van der Waals surface area contributed by atoms with E-state index in [1.165, 1.54) is 27.3 Å². The first-order chi connectivity index (χ1) is 26.6. The molecule has 0 radical (unpaired) electrons. The van der Waals surface area contributed by atoms with Gasteiger partial charge in [-0.15, -0.1) is 0 Å². The molecule has 0 bridgehead atoms. The minimum absolute atomic E-state index is 0.0190. The highest BCUT2D eigenvalue weighted by molar-refractivity contribution is 14.1. The maximum atomic E-state index is 11.5. The number of hydrogen-bond donors (Lipinski definition) is 6. The second-order valence-corrected chi connectivity index (χ2v) is 18.0. The average Bonchev–Trinajstić information content (AvgIpc) is 3.16. The van der Waals surface area contributed by atoms with E-state index in [1.807, 2.05) is 68.4 Å². The fourth-order valence-electron chi connectivity index (χ4n) is 5.81. The van der Waals surface area contributed by atoms with Crippen molar-refractivity contribution in [1.82, 2.24) is 0 Å². The Hall–Kier alpha value is -3.04. The fraction of sp³-hybridized carbons (Fsp3) is 0.143. The van der Waals surface area contributed by atoms with E-state index < -0.39 is 17.1 Å². The van der Waals surface area contributed by atoms with Crippen LogP contribution in [0.1, 0.15) is 45.6 Å². The van der Waals surface area contributed by atoms with Crippen LogP contribution in [0.3, 0.4) is 0 Å². The Kier molecular flexibility index (Phi) is 15.8. The summed E-state index contributed by atoms with van der Waals surface area (Å²) in [7, 11) is 0. The van der Waals surface area contributed by atoms with Gasteiger partial charge in [-0.3, -0.25) is 10.1 Å². The number of non-ortho nitro benzene ring substituents is 1. The van der Waals surface area contributed by atoms with E-state index in [0.29, 0.717) is 22.0 Å². The Bertz CT molecular complexity index is 2390. The Balaban J connectivity index is 0.000000278. The first-order valence-electron chi connectivity index (χ1n) is 17.1. The predicted octanol–water partition coefficient (Wildman–Crippen LogP) is 12.9. The van der Waals surface area contributed by atoms with Gasteiger partial charge in [0.2, 0.25) is 0 Å². The number of aryl methyl sites for hydroxylation is 3. The molecule has 56 heavy (non-hydrogen) atoms. The van der Waals surface area contributed by atoms with Crippen molar-refractivity contribution in [2.45, 2.75) is 39.6 Å². The number of aliphatic hydroxyl groups is 3. The van der Waals surface area contributed by atoms with Crippen LogP contribution in [0.4, 0.5) is 39.8 Å². The summed E-state index contributed by atoms with van der Waals surface area (Å²) in [6.07, 6.45) is -2.95. The average molecular weight is 1170 g/mol. The lowest BCUT2D eigenvalue weighted by Gasteiger charge is -2.24. The van der Waals surface area contributed by atoms with Gasteiger partial charge in [-0.05, 0) is 202 Å². The summed E-state index contributed by atoms with van der Waals surface area (Å²) in [6, 6.07) is 33.0. The first-order valence-corrected chi connectivity index (χ1v) is 21.5. The molecule has 290 valence electrons. The van der Waals surface area contributed by atoms with Crippen molar-refractivity contribution < 1.29 is 20.2 Å². The molecule has 0 amide bonds. The summed E-state index contributed by atoms with van der Waals surface area (Å²) in [4.78, 5) is 11.0. The highest BCUT2D eigenvalue weighted by Crippen LogP contribution is 2.41. The zero-order valence-electron chi connectivity index (χ0n) is 30.2. The molecular formula is C42H37BrClI3N4O5. The van der Waals surface area contributed by atoms with Crippen LogP contribution in [0.15, 0.2) is 114 Å². The van der Waals surface area contributed by atoms with E-state index in [1.54, 1.807) is 18.2 Å². The molecule has 0 saturated heterocycles. The largest absolute Gasteiger partial charge is 0.392 e. The summed E-state index contributed by atoms with van der Waals surface area (Å²) >= 11 is 16.4. The van der Waals surface area contributed by atoms with E-state index in [0.717, 1.165) is 51.1 Å². The molecule has 2 atom stereocenters. The Morgan fingerprint density at radius 2 is 1.04 bits per heavy atom. The molecule has 0 aliphatic rings. The maximum absolute atomic E-state index is 11.5. The van der Waals surface area contributed by atoms with E-state index in [-0.39, 0.29) is 17.9 Å². The fourth-order valence-corrected chi connectivity index (χ4v) is 8.34. The molecule has 9 nitrogen and oxygen atoms in total. The number of halogens is 5. The van der Waals surface area contributed by atoms with Gasteiger partial charge >= 0.3 is 0 Å². The van der Waals surface area contributed by atoms with Gasteiger partial charge in [0.1, 0.15) is 12.2 Å². The van der Waals surface area contributed by atoms with E-state index in [9.17, 15) is 25.4 Å². The quantitative estimate of drug-likeness (QED) is 0.0428. The maximum Gasteiger partial charge on any atom is 0.269 e. The van der Waals surface area contributed by atoms with Crippen LogP contribution in [0.2, 0.25) is 5.02 Å². The standard InChI is InChI=1S/C28H24ClI2N3O4.C14H13BrINO/c1-15-11-18(30)4-8-23(15)32-25-7-3-17(29)13-21(25)27(35)28(36)22-14-20(34(37)38)6-10-26(22)33-24-9-5-19(31)12-16(24)2;1-9-6-12(16)3-5-13(9)17-14-4-2-11(15)7-10(14)8-18/h3-14,27-28,32-33,35-36H,1-2H3;2-7,17-18H,8H2,1H3. The van der Waals surface area contributed by atoms with Crippen molar-refractivity contribution in [2.75, 3.05) is 16.0 Å². The Morgan fingerprint density at radius 1 is 0.625 bits per heavy atom. The van der Waals surface area contributed by atoms with Gasteiger partial charge in [-0.2, -0.15) is 0 Å². The number of hydrogen-bond acceptors (Lipinski definition) is 8. The third-order valence-electron chi connectivity index (χ3n) is 8.81. The van der Waals surface area contributed by atoms with Gasteiger partial charge in [0.25, 0.3) is 5.69 Å². The van der Waals surface area contributed by atoms with Crippen molar-refractivity contribution >= 4 is 135 Å². The minimum atomic E-state index is -1.50. The molecule has 6 aromatic rings. The molecule has 0 spiro atoms. The summed E-state index contributed by atoms with van der Waals surface area (Å²) in [5.74, 6) is 0. The van der Waals surface area contributed by atoms with Gasteiger partial charge in [0.15, 0.2) is 0 Å². The van der Waals surface area contributed by atoms with Crippen LogP contribution in [0.25, 0.3) is 0 Å². The summed E-state index contributed by atoms with van der Waals surface area (Å²) < 4.78 is 4.34. The number of aliphatic hydroxyl groups excluding tert-OH is 3. The van der Waals surface area contributed by atoms with Crippen LogP contribution in [0.5, 0.6) is 0 Å². The normalized spacial score (nSPS) is 11.9. The van der Waals surface area contributed by atoms with Gasteiger partial charge < -0.3 is 31.3 Å². The van der Waals surface area contributed by atoms with Crippen LogP contribution in [-0.2, 0) is 6.61 Å². The van der Waals surface area contributed by atoms with Gasteiger partial charge in [0, 0.05) is 83.2 Å². The molecule has 0 fully saturated rings. The third kappa shape index (κ3) is 11.5. The first kappa shape index (κ1) is 44.1. The number of anilines is 6. The number of nitro groups is 1. The second kappa shape index (κ2) is 20.1. The molecule has 6 rings (SSSR count). The highest BCUT2D eigenvalue weighted by atomic mass is 127. The lowest BCUT2D eigenvalue weighted by atomic mass is 9.95. The predicted molar refractivity (Wildman–Crippen MR) is 256 cm³/mol. The van der Waals surface area contributed by atoms with Gasteiger partial charge in [-0.25, -0.2) is 0 Å².